The van der Waals surface area contributed by atoms with Crippen molar-refractivity contribution in [1.29, 1.82) is 0 Å². The van der Waals surface area contributed by atoms with E-state index in [2.05, 4.69) is 24.0 Å². The molecule has 22 heavy (non-hydrogen) atoms. The number of benzene rings is 2. The molecule has 1 aliphatic heterocycles. The summed E-state index contributed by atoms with van der Waals surface area (Å²) in [5.41, 5.74) is 5.77. The van der Waals surface area contributed by atoms with Gasteiger partial charge in [-0.2, -0.15) is 0 Å². The molecule has 0 atom stereocenters. The van der Waals surface area contributed by atoms with Crippen molar-refractivity contribution in [3.8, 4) is 0 Å². The molecule has 0 fully saturated rings. The standard InChI is InChI=1S/C18H14Cl2N2/c1-11-15-8-9-22(14-5-2-12(19)3-6-14)18(15)16-10-13(20)4-7-17(16)21-11/h2-7,10H,8-9H2,1H3. The van der Waals surface area contributed by atoms with Gasteiger partial charge in [0.05, 0.1) is 11.2 Å². The first-order chi connectivity index (χ1) is 10.6. The number of pyridine rings is 1. The van der Waals surface area contributed by atoms with Gasteiger partial charge in [0.15, 0.2) is 0 Å². The molecule has 1 aliphatic rings. The molecule has 0 amide bonds. The zero-order valence-electron chi connectivity index (χ0n) is 12.1. The minimum absolute atomic E-state index is 0.739. The molecule has 0 saturated carbocycles. The fourth-order valence-corrected chi connectivity index (χ4v) is 3.50. The maximum Gasteiger partial charge on any atom is 0.0727 e. The highest BCUT2D eigenvalue weighted by Crippen LogP contribution is 2.41. The lowest BCUT2D eigenvalue weighted by Crippen LogP contribution is -2.13. The number of hydrogen-bond donors (Lipinski definition) is 0. The van der Waals surface area contributed by atoms with Gasteiger partial charge in [-0.25, -0.2) is 0 Å². The van der Waals surface area contributed by atoms with Crippen LogP contribution in [0.1, 0.15) is 11.3 Å². The number of nitrogens with zero attached hydrogens (tertiary/aromatic N) is 2. The third-order valence-electron chi connectivity index (χ3n) is 4.22. The second kappa shape index (κ2) is 5.15. The molecule has 0 spiro atoms. The number of aromatic nitrogens is 1. The van der Waals surface area contributed by atoms with Crippen LogP contribution in [0.2, 0.25) is 10.0 Å². The Kier molecular flexibility index (Phi) is 3.24. The van der Waals surface area contributed by atoms with Crippen molar-refractivity contribution in [3.63, 3.8) is 0 Å². The van der Waals surface area contributed by atoms with Crippen LogP contribution in [0.15, 0.2) is 42.5 Å². The molecule has 0 radical (unpaired) electrons. The van der Waals surface area contributed by atoms with E-state index in [-0.39, 0.29) is 0 Å². The smallest absolute Gasteiger partial charge is 0.0727 e. The first-order valence-corrected chi connectivity index (χ1v) is 8.01. The number of anilines is 2. The summed E-state index contributed by atoms with van der Waals surface area (Å²) in [5, 5.41) is 2.60. The lowest BCUT2D eigenvalue weighted by Gasteiger charge is -2.21. The molecule has 0 bridgehead atoms. The van der Waals surface area contributed by atoms with Crippen molar-refractivity contribution in [2.24, 2.45) is 0 Å². The maximum absolute atomic E-state index is 6.21. The summed E-state index contributed by atoms with van der Waals surface area (Å²) >= 11 is 12.2. The summed E-state index contributed by atoms with van der Waals surface area (Å²) in [6, 6.07) is 13.9. The Morgan fingerprint density at radius 1 is 1.00 bits per heavy atom. The van der Waals surface area contributed by atoms with Gasteiger partial charge in [0.2, 0.25) is 0 Å². The van der Waals surface area contributed by atoms with E-state index < -0.39 is 0 Å². The third kappa shape index (κ3) is 2.15. The summed E-state index contributed by atoms with van der Waals surface area (Å²) in [4.78, 5) is 7.06. The van der Waals surface area contributed by atoms with E-state index in [1.165, 1.54) is 11.3 Å². The molecule has 0 N–H and O–H groups in total. The molecule has 4 heteroatoms. The highest BCUT2D eigenvalue weighted by atomic mass is 35.5. The minimum atomic E-state index is 0.739. The second-order valence-corrected chi connectivity index (χ2v) is 6.44. The summed E-state index contributed by atoms with van der Waals surface area (Å²) in [7, 11) is 0. The lowest BCUT2D eigenvalue weighted by molar-refractivity contribution is 0.989. The maximum atomic E-state index is 6.21. The van der Waals surface area contributed by atoms with Crippen molar-refractivity contribution >= 4 is 45.5 Å². The Bertz CT molecular complexity index is 872. The molecule has 4 rings (SSSR count). The van der Waals surface area contributed by atoms with Crippen LogP contribution < -0.4 is 4.90 Å². The number of aryl methyl sites for hydroxylation is 1. The summed E-state index contributed by atoms with van der Waals surface area (Å²) in [6.45, 7) is 3.03. The molecule has 2 nitrogen and oxygen atoms in total. The van der Waals surface area contributed by atoms with Crippen LogP contribution >= 0.6 is 23.2 Å². The molecule has 2 aromatic carbocycles. The van der Waals surface area contributed by atoms with Gasteiger partial charge < -0.3 is 4.90 Å². The topological polar surface area (TPSA) is 16.1 Å². The summed E-state index contributed by atoms with van der Waals surface area (Å²) in [6.07, 6.45) is 0.999. The van der Waals surface area contributed by atoms with Crippen LogP contribution in [0.3, 0.4) is 0 Å². The molecular formula is C18H14Cl2N2. The average Bonchev–Trinajstić information content (AvgIpc) is 2.95. The third-order valence-corrected chi connectivity index (χ3v) is 4.71. The zero-order chi connectivity index (χ0) is 15.3. The Balaban J connectivity index is 1.97. The van der Waals surface area contributed by atoms with Gasteiger partial charge in [-0.05, 0) is 61.4 Å². The van der Waals surface area contributed by atoms with E-state index in [1.807, 2.05) is 30.3 Å². The second-order valence-electron chi connectivity index (χ2n) is 5.56. The molecule has 0 aliphatic carbocycles. The van der Waals surface area contributed by atoms with Crippen molar-refractivity contribution < 1.29 is 0 Å². The normalized spacial score (nSPS) is 13.7. The largest absolute Gasteiger partial charge is 0.340 e. The quantitative estimate of drug-likeness (QED) is 0.582. The van der Waals surface area contributed by atoms with Crippen molar-refractivity contribution in [2.75, 3.05) is 11.4 Å². The Labute approximate surface area is 139 Å². The first-order valence-electron chi connectivity index (χ1n) is 7.25. The van der Waals surface area contributed by atoms with E-state index in [0.717, 1.165) is 45.3 Å². The van der Waals surface area contributed by atoms with Crippen molar-refractivity contribution in [1.82, 2.24) is 4.98 Å². The fraction of sp³-hybridized carbons (Fsp3) is 0.167. The summed E-state index contributed by atoms with van der Waals surface area (Å²) < 4.78 is 0. The molecule has 110 valence electrons. The molecule has 0 unspecified atom stereocenters. The molecular weight excluding hydrogens is 315 g/mol. The van der Waals surface area contributed by atoms with Gasteiger partial charge in [0, 0.05) is 33.4 Å². The monoisotopic (exact) mass is 328 g/mol. The van der Waals surface area contributed by atoms with Crippen molar-refractivity contribution in [3.05, 3.63) is 63.8 Å². The number of rotatable bonds is 1. The molecule has 3 aromatic rings. The van der Waals surface area contributed by atoms with Crippen LogP contribution in [0.4, 0.5) is 11.4 Å². The predicted octanol–water partition coefficient (Wildman–Crippen LogP) is 5.54. The highest BCUT2D eigenvalue weighted by Gasteiger charge is 2.25. The summed E-state index contributed by atoms with van der Waals surface area (Å²) in [5.74, 6) is 0. The minimum Gasteiger partial charge on any atom is -0.340 e. The van der Waals surface area contributed by atoms with Crippen LogP contribution in [-0.2, 0) is 6.42 Å². The number of halogens is 2. The lowest BCUT2D eigenvalue weighted by atomic mass is 10.1. The van der Waals surface area contributed by atoms with E-state index in [1.54, 1.807) is 0 Å². The first kappa shape index (κ1) is 13.9. The van der Waals surface area contributed by atoms with Gasteiger partial charge >= 0.3 is 0 Å². The van der Waals surface area contributed by atoms with Gasteiger partial charge in [-0.1, -0.05) is 23.2 Å². The van der Waals surface area contributed by atoms with Crippen LogP contribution in [0.25, 0.3) is 10.9 Å². The fourth-order valence-electron chi connectivity index (χ4n) is 3.20. The average molecular weight is 329 g/mol. The molecule has 1 aromatic heterocycles. The van der Waals surface area contributed by atoms with E-state index in [9.17, 15) is 0 Å². The Morgan fingerprint density at radius 3 is 2.50 bits per heavy atom. The van der Waals surface area contributed by atoms with Gasteiger partial charge in [-0.3, -0.25) is 4.98 Å². The predicted molar refractivity (Wildman–Crippen MR) is 93.7 cm³/mol. The van der Waals surface area contributed by atoms with E-state index in [0.29, 0.717) is 0 Å². The van der Waals surface area contributed by atoms with Gasteiger partial charge in [0.1, 0.15) is 0 Å². The molecule has 2 heterocycles. The van der Waals surface area contributed by atoms with Gasteiger partial charge in [-0.15, -0.1) is 0 Å². The Hall–Kier alpha value is -1.77. The highest BCUT2D eigenvalue weighted by molar-refractivity contribution is 6.31. The zero-order valence-corrected chi connectivity index (χ0v) is 13.6. The van der Waals surface area contributed by atoms with Gasteiger partial charge in [0.25, 0.3) is 0 Å². The van der Waals surface area contributed by atoms with Crippen LogP contribution in [-0.4, -0.2) is 11.5 Å². The number of fused-ring (bicyclic) bond motifs is 3. The van der Waals surface area contributed by atoms with E-state index in [4.69, 9.17) is 28.2 Å². The number of hydrogen-bond acceptors (Lipinski definition) is 2. The van der Waals surface area contributed by atoms with Crippen molar-refractivity contribution in [2.45, 2.75) is 13.3 Å². The van der Waals surface area contributed by atoms with Crippen LogP contribution in [0, 0.1) is 6.92 Å². The SMILES string of the molecule is Cc1nc2ccc(Cl)cc2c2c1CCN2c1ccc(Cl)cc1. The Morgan fingerprint density at radius 2 is 1.73 bits per heavy atom. The van der Waals surface area contributed by atoms with E-state index >= 15 is 0 Å². The van der Waals surface area contributed by atoms with Crippen LogP contribution in [0.5, 0.6) is 0 Å². The molecule has 0 saturated heterocycles.